The second kappa shape index (κ2) is 7.60. The molecule has 0 fully saturated rings. The molecule has 118 valence electrons. The van der Waals surface area contributed by atoms with Gasteiger partial charge in [0.2, 0.25) is 0 Å². The molecule has 0 aliphatic rings. The lowest BCUT2D eigenvalue weighted by Crippen LogP contribution is -2.09. The van der Waals surface area contributed by atoms with Crippen LogP contribution in [0.15, 0.2) is 59.6 Å². The van der Waals surface area contributed by atoms with Gasteiger partial charge >= 0.3 is 11.9 Å². The van der Waals surface area contributed by atoms with E-state index in [-0.39, 0.29) is 11.3 Å². The zero-order valence-electron chi connectivity index (χ0n) is 12.0. The summed E-state index contributed by atoms with van der Waals surface area (Å²) in [6.45, 7) is 3.92. The van der Waals surface area contributed by atoms with Crippen molar-refractivity contribution in [2.45, 2.75) is 0 Å². The Morgan fingerprint density at radius 1 is 1.13 bits per heavy atom. The SMILES string of the molecule is C=CCOc1ccc(C(=O)Oc2ccc(C(=O)O)cc2)cc1Br. The van der Waals surface area contributed by atoms with Crippen LogP contribution in [0.2, 0.25) is 0 Å². The summed E-state index contributed by atoms with van der Waals surface area (Å²) in [6.07, 6.45) is 1.62. The Labute approximate surface area is 141 Å². The largest absolute Gasteiger partial charge is 0.488 e. The molecule has 0 aromatic heterocycles. The van der Waals surface area contributed by atoms with E-state index in [0.717, 1.165) is 0 Å². The Kier molecular flexibility index (Phi) is 5.54. The number of esters is 1. The number of hydrogen-bond donors (Lipinski definition) is 1. The molecule has 0 unspecified atom stereocenters. The van der Waals surface area contributed by atoms with E-state index in [0.29, 0.717) is 22.4 Å². The van der Waals surface area contributed by atoms with Gasteiger partial charge in [-0.2, -0.15) is 0 Å². The molecule has 0 saturated carbocycles. The number of halogens is 1. The molecule has 23 heavy (non-hydrogen) atoms. The molecular weight excluding hydrogens is 364 g/mol. The summed E-state index contributed by atoms with van der Waals surface area (Å²) in [7, 11) is 0. The predicted molar refractivity (Wildman–Crippen MR) is 88.2 cm³/mol. The molecule has 2 aromatic rings. The topological polar surface area (TPSA) is 72.8 Å². The van der Waals surface area contributed by atoms with Crippen LogP contribution in [0.4, 0.5) is 0 Å². The van der Waals surface area contributed by atoms with E-state index < -0.39 is 11.9 Å². The van der Waals surface area contributed by atoms with Crippen molar-refractivity contribution >= 4 is 27.9 Å². The van der Waals surface area contributed by atoms with Gasteiger partial charge in [-0.25, -0.2) is 9.59 Å². The van der Waals surface area contributed by atoms with Crippen molar-refractivity contribution < 1.29 is 24.2 Å². The number of carbonyl (C=O) groups excluding carboxylic acids is 1. The van der Waals surface area contributed by atoms with E-state index in [1.165, 1.54) is 24.3 Å². The van der Waals surface area contributed by atoms with E-state index in [1.54, 1.807) is 24.3 Å². The summed E-state index contributed by atoms with van der Waals surface area (Å²) >= 11 is 3.32. The average Bonchev–Trinajstić information content (AvgIpc) is 2.54. The highest BCUT2D eigenvalue weighted by atomic mass is 79.9. The van der Waals surface area contributed by atoms with Crippen molar-refractivity contribution in [2.24, 2.45) is 0 Å². The number of carboxylic acids is 1. The van der Waals surface area contributed by atoms with Crippen molar-refractivity contribution in [3.63, 3.8) is 0 Å². The van der Waals surface area contributed by atoms with Crippen molar-refractivity contribution in [1.82, 2.24) is 0 Å². The maximum Gasteiger partial charge on any atom is 0.343 e. The van der Waals surface area contributed by atoms with Gasteiger partial charge in [-0.3, -0.25) is 0 Å². The van der Waals surface area contributed by atoms with Crippen LogP contribution in [0.5, 0.6) is 11.5 Å². The minimum absolute atomic E-state index is 0.122. The quantitative estimate of drug-likeness (QED) is 0.469. The van der Waals surface area contributed by atoms with Gasteiger partial charge in [0.1, 0.15) is 18.1 Å². The van der Waals surface area contributed by atoms with Crippen LogP contribution < -0.4 is 9.47 Å². The standard InChI is InChI=1S/C17H13BrO5/c1-2-9-22-15-8-5-12(10-14(15)18)17(21)23-13-6-3-11(4-7-13)16(19)20/h2-8,10H,1,9H2,(H,19,20). The molecule has 5 nitrogen and oxygen atoms in total. The minimum atomic E-state index is -1.04. The molecule has 2 aromatic carbocycles. The van der Waals surface area contributed by atoms with E-state index in [4.69, 9.17) is 14.6 Å². The Hall–Kier alpha value is -2.60. The van der Waals surface area contributed by atoms with Gasteiger partial charge in [-0.15, -0.1) is 0 Å². The molecule has 0 saturated heterocycles. The third-order valence-corrected chi connectivity index (χ3v) is 3.46. The second-order valence-corrected chi connectivity index (χ2v) is 5.32. The highest BCUT2D eigenvalue weighted by molar-refractivity contribution is 9.10. The summed E-state index contributed by atoms with van der Waals surface area (Å²) in [4.78, 5) is 22.9. The molecule has 6 heteroatoms. The molecule has 0 aliphatic carbocycles. The molecular formula is C17H13BrO5. The highest BCUT2D eigenvalue weighted by Crippen LogP contribution is 2.26. The van der Waals surface area contributed by atoms with E-state index in [2.05, 4.69) is 22.5 Å². The minimum Gasteiger partial charge on any atom is -0.488 e. The van der Waals surface area contributed by atoms with Crippen molar-refractivity contribution in [3.05, 3.63) is 70.7 Å². The van der Waals surface area contributed by atoms with Gasteiger partial charge in [-0.05, 0) is 58.4 Å². The third-order valence-electron chi connectivity index (χ3n) is 2.84. The van der Waals surface area contributed by atoms with Gasteiger partial charge in [0.25, 0.3) is 0 Å². The number of ether oxygens (including phenoxy) is 2. The van der Waals surface area contributed by atoms with E-state index in [9.17, 15) is 9.59 Å². The zero-order chi connectivity index (χ0) is 16.8. The van der Waals surface area contributed by atoms with Crippen LogP contribution in [0.1, 0.15) is 20.7 Å². The van der Waals surface area contributed by atoms with E-state index in [1.807, 2.05) is 0 Å². The van der Waals surface area contributed by atoms with Crippen LogP contribution in [0.3, 0.4) is 0 Å². The van der Waals surface area contributed by atoms with Crippen molar-refractivity contribution in [2.75, 3.05) is 6.61 Å². The maximum absolute atomic E-state index is 12.1. The van der Waals surface area contributed by atoms with Gasteiger partial charge in [-0.1, -0.05) is 12.7 Å². The van der Waals surface area contributed by atoms with Gasteiger partial charge < -0.3 is 14.6 Å². The number of hydrogen-bond acceptors (Lipinski definition) is 4. The normalized spacial score (nSPS) is 9.96. The molecule has 0 heterocycles. The summed E-state index contributed by atoms with van der Waals surface area (Å²) in [5.74, 6) is -0.735. The van der Waals surface area contributed by atoms with Gasteiger partial charge in [0.05, 0.1) is 15.6 Å². The summed E-state index contributed by atoms with van der Waals surface area (Å²) in [5.41, 5.74) is 0.460. The summed E-state index contributed by atoms with van der Waals surface area (Å²) in [5, 5.41) is 8.82. The lowest BCUT2D eigenvalue weighted by molar-refractivity contribution is 0.0696. The lowest BCUT2D eigenvalue weighted by Gasteiger charge is -2.08. The smallest absolute Gasteiger partial charge is 0.343 e. The molecule has 0 amide bonds. The number of rotatable bonds is 6. The van der Waals surface area contributed by atoms with Crippen LogP contribution in [-0.2, 0) is 0 Å². The molecule has 0 radical (unpaired) electrons. The first-order valence-corrected chi connectivity index (χ1v) is 7.39. The monoisotopic (exact) mass is 376 g/mol. The number of carbonyl (C=O) groups is 2. The maximum atomic E-state index is 12.1. The molecule has 0 spiro atoms. The number of aromatic carboxylic acids is 1. The Morgan fingerprint density at radius 2 is 1.78 bits per heavy atom. The first kappa shape index (κ1) is 16.8. The lowest BCUT2D eigenvalue weighted by atomic mass is 10.2. The molecule has 1 N–H and O–H groups in total. The van der Waals surface area contributed by atoms with Crippen LogP contribution in [-0.4, -0.2) is 23.7 Å². The predicted octanol–water partition coefficient (Wildman–Crippen LogP) is 3.93. The summed E-state index contributed by atoms with van der Waals surface area (Å²) < 4.78 is 11.2. The van der Waals surface area contributed by atoms with Crippen LogP contribution in [0, 0.1) is 0 Å². The zero-order valence-corrected chi connectivity index (χ0v) is 13.6. The van der Waals surface area contributed by atoms with E-state index >= 15 is 0 Å². The van der Waals surface area contributed by atoms with Gasteiger partial charge in [0, 0.05) is 0 Å². The Bertz CT molecular complexity index is 737. The molecule has 0 atom stereocenters. The average molecular weight is 377 g/mol. The number of benzene rings is 2. The highest BCUT2D eigenvalue weighted by Gasteiger charge is 2.12. The van der Waals surface area contributed by atoms with Crippen molar-refractivity contribution in [1.29, 1.82) is 0 Å². The Balaban J connectivity index is 2.09. The van der Waals surface area contributed by atoms with Gasteiger partial charge in [0.15, 0.2) is 0 Å². The third kappa shape index (κ3) is 4.43. The molecule has 0 bridgehead atoms. The fraction of sp³-hybridized carbons (Fsp3) is 0.0588. The second-order valence-electron chi connectivity index (χ2n) is 4.46. The fourth-order valence-electron chi connectivity index (χ4n) is 1.73. The van der Waals surface area contributed by atoms with Crippen molar-refractivity contribution in [3.8, 4) is 11.5 Å². The summed E-state index contributed by atoms with van der Waals surface area (Å²) in [6, 6.07) is 10.4. The first-order chi connectivity index (χ1) is 11.0. The first-order valence-electron chi connectivity index (χ1n) is 6.60. The van der Waals surface area contributed by atoms with Crippen LogP contribution in [0.25, 0.3) is 0 Å². The Morgan fingerprint density at radius 3 is 2.35 bits per heavy atom. The molecule has 2 rings (SSSR count). The fourth-order valence-corrected chi connectivity index (χ4v) is 2.22. The van der Waals surface area contributed by atoms with Crippen LogP contribution >= 0.6 is 15.9 Å². The molecule has 0 aliphatic heterocycles. The number of carboxylic acid groups (broad SMARTS) is 1.